The van der Waals surface area contributed by atoms with Gasteiger partial charge in [0, 0.05) is 6.07 Å². The van der Waals surface area contributed by atoms with E-state index in [9.17, 15) is 0 Å². The Labute approximate surface area is 176 Å². The van der Waals surface area contributed by atoms with Gasteiger partial charge < -0.3 is 9.47 Å². The van der Waals surface area contributed by atoms with E-state index in [1.165, 1.54) is 11.1 Å². The zero-order valence-corrected chi connectivity index (χ0v) is 16.5. The molecule has 0 saturated heterocycles. The Kier molecular flexibility index (Phi) is 6.08. The van der Waals surface area contributed by atoms with E-state index in [0.29, 0.717) is 18.8 Å². The molecule has 0 spiro atoms. The zero-order valence-electron chi connectivity index (χ0n) is 16.5. The second-order valence-electron chi connectivity index (χ2n) is 6.93. The minimum atomic E-state index is 0.401. The van der Waals surface area contributed by atoms with Crippen LogP contribution in [0.5, 0.6) is 11.5 Å². The van der Waals surface area contributed by atoms with E-state index in [2.05, 4.69) is 42.5 Å². The Morgan fingerprint density at radius 1 is 0.567 bits per heavy atom. The van der Waals surface area contributed by atoms with Crippen molar-refractivity contribution in [1.82, 2.24) is 0 Å². The standard InChI is InChI=1S/C27H21NO2/c28-18-21-7-4-8-22(15-21)19-29-26-13-6-14-27(17-26)30-20-23-9-5-12-25(16-23)24-10-2-1-3-11-24/h1-17H,19-20H2. The van der Waals surface area contributed by atoms with Gasteiger partial charge in [0.15, 0.2) is 0 Å². The summed E-state index contributed by atoms with van der Waals surface area (Å²) in [4.78, 5) is 0. The average Bonchev–Trinajstić information content (AvgIpc) is 2.82. The average molecular weight is 391 g/mol. The van der Waals surface area contributed by atoms with Crippen LogP contribution in [-0.2, 0) is 13.2 Å². The van der Waals surface area contributed by atoms with Crippen LogP contribution in [0, 0.1) is 11.3 Å². The first-order chi connectivity index (χ1) is 14.8. The Hall–Kier alpha value is -4.03. The molecule has 0 heterocycles. The molecule has 0 saturated carbocycles. The minimum Gasteiger partial charge on any atom is -0.489 e. The number of ether oxygens (including phenoxy) is 2. The predicted octanol–water partition coefficient (Wildman–Crippen LogP) is 6.38. The topological polar surface area (TPSA) is 42.2 Å². The summed E-state index contributed by atoms with van der Waals surface area (Å²) in [6, 6.07) is 35.9. The smallest absolute Gasteiger partial charge is 0.123 e. The molecule has 0 radical (unpaired) electrons. The summed E-state index contributed by atoms with van der Waals surface area (Å²) >= 11 is 0. The molecule has 0 amide bonds. The van der Waals surface area contributed by atoms with E-state index < -0.39 is 0 Å². The summed E-state index contributed by atoms with van der Waals surface area (Å²) in [5.74, 6) is 1.48. The van der Waals surface area contributed by atoms with Crippen LogP contribution < -0.4 is 9.47 Å². The van der Waals surface area contributed by atoms with E-state index >= 15 is 0 Å². The third-order valence-corrected chi connectivity index (χ3v) is 4.71. The molecule has 0 N–H and O–H groups in total. The number of nitrogens with zero attached hydrogens (tertiary/aromatic N) is 1. The molecule has 3 heteroatoms. The number of hydrogen-bond acceptors (Lipinski definition) is 3. The van der Waals surface area contributed by atoms with Crippen molar-refractivity contribution in [2.45, 2.75) is 13.2 Å². The van der Waals surface area contributed by atoms with Crippen molar-refractivity contribution in [3.63, 3.8) is 0 Å². The molecule has 0 aliphatic rings. The van der Waals surface area contributed by atoms with Gasteiger partial charge in [0.1, 0.15) is 24.7 Å². The summed E-state index contributed by atoms with van der Waals surface area (Å²) in [6.07, 6.45) is 0. The maximum absolute atomic E-state index is 9.01. The molecule has 4 aromatic rings. The quantitative estimate of drug-likeness (QED) is 0.367. The van der Waals surface area contributed by atoms with E-state index in [-0.39, 0.29) is 0 Å². The van der Waals surface area contributed by atoms with E-state index in [1.54, 1.807) is 6.07 Å². The van der Waals surface area contributed by atoms with Crippen molar-refractivity contribution in [1.29, 1.82) is 5.26 Å². The molecular formula is C27H21NO2. The first-order valence-electron chi connectivity index (χ1n) is 9.79. The molecule has 0 atom stereocenters. The van der Waals surface area contributed by atoms with Crippen LogP contribution in [0.15, 0.2) is 103 Å². The van der Waals surface area contributed by atoms with Crippen LogP contribution in [0.3, 0.4) is 0 Å². The second-order valence-corrected chi connectivity index (χ2v) is 6.93. The second kappa shape index (κ2) is 9.45. The van der Waals surface area contributed by atoms with Gasteiger partial charge in [-0.2, -0.15) is 5.26 Å². The molecule has 0 fully saturated rings. The third kappa shape index (κ3) is 5.06. The van der Waals surface area contributed by atoms with Gasteiger partial charge in [0.05, 0.1) is 11.6 Å². The molecule has 0 unspecified atom stereocenters. The van der Waals surface area contributed by atoms with Crippen LogP contribution in [0.4, 0.5) is 0 Å². The van der Waals surface area contributed by atoms with Gasteiger partial charge in [-0.15, -0.1) is 0 Å². The lowest BCUT2D eigenvalue weighted by Gasteiger charge is -2.11. The summed E-state index contributed by atoms with van der Waals surface area (Å²) in [7, 11) is 0. The molecule has 0 aliphatic carbocycles. The molecule has 4 aromatic carbocycles. The van der Waals surface area contributed by atoms with Crippen LogP contribution in [-0.4, -0.2) is 0 Å². The van der Waals surface area contributed by atoms with Gasteiger partial charge in [0.25, 0.3) is 0 Å². The van der Waals surface area contributed by atoms with Gasteiger partial charge in [-0.25, -0.2) is 0 Å². The zero-order chi connectivity index (χ0) is 20.6. The van der Waals surface area contributed by atoms with Crippen molar-refractivity contribution < 1.29 is 9.47 Å². The molecule has 30 heavy (non-hydrogen) atoms. The fourth-order valence-electron chi connectivity index (χ4n) is 3.19. The maximum atomic E-state index is 9.01. The first-order valence-corrected chi connectivity index (χ1v) is 9.79. The fourth-order valence-corrected chi connectivity index (χ4v) is 3.19. The highest BCUT2D eigenvalue weighted by atomic mass is 16.5. The molecule has 146 valence electrons. The Morgan fingerprint density at radius 2 is 1.17 bits per heavy atom. The lowest BCUT2D eigenvalue weighted by Crippen LogP contribution is -1.98. The molecule has 0 aliphatic heterocycles. The molecule has 0 aromatic heterocycles. The number of hydrogen-bond donors (Lipinski definition) is 0. The van der Waals surface area contributed by atoms with Crippen molar-refractivity contribution in [3.8, 4) is 28.7 Å². The fraction of sp³-hybridized carbons (Fsp3) is 0.0741. The number of rotatable bonds is 7. The van der Waals surface area contributed by atoms with Crippen molar-refractivity contribution >= 4 is 0 Å². The van der Waals surface area contributed by atoms with Crippen molar-refractivity contribution in [3.05, 3.63) is 120 Å². The summed E-state index contributed by atoms with van der Waals surface area (Å²) in [5.41, 5.74) is 5.06. The third-order valence-electron chi connectivity index (χ3n) is 4.71. The largest absolute Gasteiger partial charge is 0.489 e. The van der Waals surface area contributed by atoms with Gasteiger partial charge in [-0.1, -0.05) is 66.7 Å². The summed E-state index contributed by atoms with van der Waals surface area (Å²) in [6.45, 7) is 0.881. The van der Waals surface area contributed by atoms with Gasteiger partial charge in [-0.3, -0.25) is 0 Å². The normalized spacial score (nSPS) is 10.2. The van der Waals surface area contributed by atoms with E-state index in [1.807, 2.05) is 60.7 Å². The van der Waals surface area contributed by atoms with Crippen molar-refractivity contribution in [2.75, 3.05) is 0 Å². The van der Waals surface area contributed by atoms with Gasteiger partial charge >= 0.3 is 0 Å². The van der Waals surface area contributed by atoms with Crippen LogP contribution in [0.1, 0.15) is 16.7 Å². The highest BCUT2D eigenvalue weighted by Crippen LogP contribution is 2.23. The molecule has 4 rings (SSSR count). The molecule has 3 nitrogen and oxygen atoms in total. The lowest BCUT2D eigenvalue weighted by molar-refractivity contribution is 0.290. The van der Waals surface area contributed by atoms with Gasteiger partial charge in [0.2, 0.25) is 0 Å². The van der Waals surface area contributed by atoms with Crippen LogP contribution >= 0.6 is 0 Å². The Morgan fingerprint density at radius 3 is 1.87 bits per heavy atom. The monoisotopic (exact) mass is 391 g/mol. The Bertz CT molecular complexity index is 1160. The molecular weight excluding hydrogens is 370 g/mol. The first kappa shape index (κ1) is 19.3. The highest BCUT2D eigenvalue weighted by molar-refractivity contribution is 5.63. The Balaban J connectivity index is 1.38. The predicted molar refractivity (Wildman–Crippen MR) is 118 cm³/mol. The SMILES string of the molecule is N#Cc1cccc(COc2cccc(OCc3cccc(-c4ccccc4)c3)c2)c1. The molecule has 0 bridgehead atoms. The van der Waals surface area contributed by atoms with E-state index in [4.69, 9.17) is 14.7 Å². The number of nitriles is 1. The van der Waals surface area contributed by atoms with E-state index in [0.717, 1.165) is 22.6 Å². The van der Waals surface area contributed by atoms with Crippen LogP contribution in [0.25, 0.3) is 11.1 Å². The lowest BCUT2D eigenvalue weighted by atomic mass is 10.0. The maximum Gasteiger partial charge on any atom is 0.123 e. The van der Waals surface area contributed by atoms with Crippen molar-refractivity contribution in [2.24, 2.45) is 0 Å². The summed E-state index contributed by atoms with van der Waals surface area (Å²) < 4.78 is 11.9. The number of benzene rings is 4. The van der Waals surface area contributed by atoms with Gasteiger partial charge in [-0.05, 0) is 52.6 Å². The van der Waals surface area contributed by atoms with Crippen LogP contribution in [0.2, 0.25) is 0 Å². The highest BCUT2D eigenvalue weighted by Gasteiger charge is 2.03. The minimum absolute atomic E-state index is 0.401. The summed E-state index contributed by atoms with van der Waals surface area (Å²) in [5, 5.41) is 9.01.